The summed E-state index contributed by atoms with van der Waals surface area (Å²) >= 11 is 5.86. The molecule has 0 radical (unpaired) electrons. The predicted octanol–water partition coefficient (Wildman–Crippen LogP) is 2.42. The molecular weight excluding hydrogens is 270 g/mol. The van der Waals surface area contributed by atoms with E-state index in [0.717, 1.165) is 12.8 Å². The van der Waals surface area contributed by atoms with E-state index in [-0.39, 0.29) is 16.3 Å². The number of rotatable bonds is 6. The van der Waals surface area contributed by atoms with Crippen molar-refractivity contribution in [2.45, 2.75) is 19.8 Å². The van der Waals surface area contributed by atoms with Crippen molar-refractivity contribution in [3.63, 3.8) is 0 Å². The smallest absolute Gasteiger partial charge is 0.344 e. The van der Waals surface area contributed by atoms with E-state index >= 15 is 0 Å². The van der Waals surface area contributed by atoms with Gasteiger partial charge in [-0.15, -0.1) is 0 Å². The Kier molecular flexibility index (Phi) is 6.15. The second-order valence-electron chi connectivity index (χ2n) is 3.86. The van der Waals surface area contributed by atoms with Crippen molar-refractivity contribution in [1.29, 1.82) is 0 Å². The van der Waals surface area contributed by atoms with Gasteiger partial charge in [0.15, 0.2) is 6.61 Å². The number of hydrogen-bond acceptors (Lipinski definition) is 5. The summed E-state index contributed by atoms with van der Waals surface area (Å²) in [6.45, 7) is 1.87. The minimum Gasteiger partial charge on any atom is -0.463 e. The van der Waals surface area contributed by atoms with Crippen LogP contribution in [0.3, 0.4) is 0 Å². The van der Waals surface area contributed by atoms with Gasteiger partial charge in [0.25, 0.3) is 0 Å². The van der Waals surface area contributed by atoms with Crippen LogP contribution in [0.4, 0.5) is 5.69 Å². The quantitative estimate of drug-likeness (QED) is 0.493. The number of carbonyl (C=O) groups is 2. The Labute approximate surface area is 116 Å². The number of carbonyl (C=O) groups excluding carboxylic acids is 2. The SMILES string of the molecule is CCCCOC(=O)COC(=O)c1cccc(N)c1Cl. The van der Waals surface area contributed by atoms with Crippen LogP contribution in [0.15, 0.2) is 18.2 Å². The molecule has 0 bridgehead atoms. The van der Waals surface area contributed by atoms with Crippen molar-refractivity contribution in [2.24, 2.45) is 0 Å². The molecule has 1 aromatic rings. The Balaban J connectivity index is 2.47. The number of hydrogen-bond donors (Lipinski definition) is 1. The summed E-state index contributed by atoms with van der Waals surface area (Å²) in [7, 11) is 0. The maximum absolute atomic E-state index is 11.7. The van der Waals surface area contributed by atoms with Crippen molar-refractivity contribution in [2.75, 3.05) is 18.9 Å². The van der Waals surface area contributed by atoms with E-state index in [2.05, 4.69) is 0 Å². The van der Waals surface area contributed by atoms with Gasteiger partial charge in [0.1, 0.15) is 0 Å². The zero-order chi connectivity index (χ0) is 14.3. The van der Waals surface area contributed by atoms with Crippen molar-refractivity contribution in [1.82, 2.24) is 0 Å². The van der Waals surface area contributed by atoms with Crippen molar-refractivity contribution in [3.8, 4) is 0 Å². The zero-order valence-electron chi connectivity index (χ0n) is 10.6. The summed E-state index contributed by atoms with van der Waals surface area (Å²) in [6.07, 6.45) is 1.70. The van der Waals surface area contributed by atoms with E-state index < -0.39 is 18.5 Å². The number of ether oxygens (including phenoxy) is 2. The molecule has 0 atom stereocenters. The Morgan fingerprint density at radius 1 is 1.32 bits per heavy atom. The highest BCUT2D eigenvalue weighted by Gasteiger charge is 2.15. The first kappa shape index (κ1) is 15.3. The first-order valence-electron chi connectivity index (χ1n) is 5.93. The maximum atomic E-state index is 11.7. The number of anilines is 1. The molecule has 6 heteroatoms. The Bertz CT molecular complexity index is 462. The molecule has 104 valence electrons. The highest BCUT2D eigenvalue weighted by Crippen LogP contribution is 2.23. The van der Waals surface area contributed by atoms with E-state index in [1.54, 1.807) is 12.1 Å². The molecule has 0 amide bonds. The monoisotopic (exact) mass is 285 g/mol. The minimum absolute atomic E-state index is 0.117. The van der Waals surface area contributed by atoms with Gasteiger partial charge in [-0.25, -0.2) is 9.59 Å². The Morgan fingerprint density at radius 2 is 2.05 bits per heavy atom. The predicted molar refractivity (Wildman–Crippen MR) is 72.0 cm³/mol. The molecule has 0 saturated heterocycles. The largest absolute Gasteiger partial charge is 0.463 e. The Hall–Kier alpha value is -1.75. The van der Waals surface area contributed by atoms with E-state index in [4.69, 9.17) is 26.8 Å². The average molecular weight is 286 g/mol. The molecule has 0 aliphatic rings. The summed E-state index contributed by atoms with van der Waals surface area (Å²) in [4.78, 5) is 22.9. The average Bonchev–Trinajstić information content (AvgIpc) is 2.39. The lowest BCUT2D eigenvalue weighted by molar-refractivity contribution is -0.147. The molecule has 0 aromatic heterocycles. The fourth-order valence-corrected chi connectivity index (χ4v) is 1.48. The first-order chi connectivity index (χ1) is 9.06. The van der Waals surface area contributed by atoms with Gasteiger partial charge in [0.05, 0.1) is 22.9 Å². The fraction of sp³-hybridized carbons (Fsp3) is 0.385. The molecule has 19 heavy (non-hydrogen) atoms. The molecule has 0 spiro atoms. The van der Waals surface area contributed by atoms with Crippen LogP contribution in [0.25, 0.3) is 0 Å². The number of benzene rings is 1. The van der Waals surface area contributed by atoms with Gasteiger partial charge in [0, 0.05) is 0 Å². The van der Waals surface area contributed by atoms with Crippen LogP contribution >= 0.6 is 11.6 Å². The van der Waals surface area contributed by atoms with Gasteiger partial charge in [0.2, 0.25) is 0 Å². The summed E-state index contributed by atoms with van der Waals surface area (Å²) in [5.74, 6) is -1.29. The highest BCUT2D eigenvalue weighted by atomic mass is 35.5. The van der Waals surface area contributed by atoms with Crippen LogP contribution in [0.1, 0.15) is 30.1 Å². The van der Waals surface area contributed by atoms with Gasteiger partial charge in [-0.05, 0) is 18.6 Å². The third kappa shape index (κ3) is 4.79. The minimum atomic E-state index is -0.704. The lowest BCUT2D eigenvalue weighted by Crippen LogP contribution is -2.17. The standard InChI is InChI=1S/C13H16ClNO4/c1-2-3-7-18-11(16)8-19-13(17)9-5-4-6-10(15)12(9)14/h4-6H,2-3,7-8,15H2,1H3. The first-order valence-corrected chi connectivity index (χ1v) is 6.30. The number of unbranched alkanes of at least 4 members (excludes halogenated alkanes) is 1. The summed E-state index contributed by atoms with van der Waals surface area (Å²) in [5, 5.41) is 0.117. The maximum Gasteiger partial charge on any atom is 0.344 e. The zero-order valence-corrected chi connectivity index (χ0v) is 11.4. The molecule has 0 unspecified atom stereocenters. The number of nitrogen functional groups attached to an aromatic ring is 1. The van der Waals surface area contributed by atoms with Crippen molar-refractivity contribution in [3.05, 3.63) is 28.8 Å². The molecule has 0 aliphatic heterocycles. The second-order valence-corrected chi connectivity index (χ2v) is 4.24. The molecule has 0 aliphatic carbocycles. The fourth-order valence-electron chi connectivity index (χ4n) is 1.28. The lowest BCUT2D eigenvalue weighted by Gasteiger charge is -2.07. The lowest BCUT2D eigenvalue weighted by atomic mass is 10.2. The van der Waals surface area contributed by atoms with Crippen LogP contribution in [-0.4, -0.2) is 25.2 Å². The van der Waals surface area contributed by atoms with Crippen LogP contribution < -0.4 is 5.73 Å². The van der Waals surface area contributed by atoms with Crippen LogP contribution in [0, 0.1) is 0 Å². The third-order valence-electron chi connectivity index (χ3n) is 2.33. The second kappa shape index (κ2) is 7.63. The molecule has 1 rings (SSSR count). The third-order valence-corrected chi connectivity index (χ3v) is 2.75. The number of halogens is 1. The van der Waals surface area contributed by atoms with Crippen molar-refractivity contribution >= 4 is 29.2 Å². The molecule has 0 saturated carbocycles. The van der Waals surface area contributed by atoms with Gasteiger partial charge in [-0.1, -0.05) is 31.0 Å². The van der Waals surface area contributed by atoms with Crippen LogP contribution in [-0.2, 0) is 14.3 Å². The highest BCUT2D eigenvalue weighted by molar-refractivity contribution is 6.36. The summed E-state index contributed by atoms with van der Waals surface area (Å²) in [6, 6.07) is 4.62. The van der Waals surface area contributed by atoms with Crippen LogP contribution in [0.5, 0.6) is 0 Å². The normalized spacial score (nSPS) is 10.0. The molecule has 0 fully saturated rings. The molecule has 1 aromatic carbocycles. The van der Waals surface area contributed by atoms with Gasteiger partial charge in [-0.3, -0.25) is 0 Å². The molecular formula is C13H16ClNO4. The Morgan fingerprint density at radius 3 is 2.74 bits per heavy atom. The summed E-state index contributed by atoms with van der Waals surface area (Å²) < 4.78 is 9.65. The number of esters is 2. The van der Waals surface area contributed by atoms with Crippen LogP contribution in [0.2, 0.25) is 5.02 Å². The van der Waals surface area contributed by atoms with Crippen molar-refractivity contribution < 1.29 is 19.1 Å². The van der Waals surface area contributed by atoms with Gasteiger partial charge in [-0.2, -0.15) is 0 Å². The summed E-state index contributed by atoms with van der Waals surface area (Å²) in [5.41, 5.74) is 5.97. The van der Waals surface area contributed by atoms with E-state index in [1.807, 2.05) is 6.92 Å². The molecule has 0 heterocycles. The van der Waals surface area contributed by atoms with E-state index in [9.17, 15) is 9.59 Å². The molecule has 5 nitrogen and oxygen atoms in total. The topological polar surface area (TPSA) is 78.6 Å². The number of nitrogens with two attached hydrogens (primary N) is 1. The molecule has 2 N–H and O–H groups in total. The van der Waals surface area contributed by atoms with E-state index in [0.29, 0.717) is 6.61 Å². The van der Waals surface area contributed by atoms with Gasteiger partial charge < -0.3 is 15.2 Å². The van der Waals surface area contributed by atoms with E-state index in [1.165, 1.54) is 6.07 Å². The van der Waals surface area contributed by atoms with Gasteiger partial charge >= 0.3 is 11.9 Å².